The Morgan fingerprint density at radius 1 is 0.920 bits per heavy atom. The maximum Gasteiger partial charge on any atom is 0.192 e. The third-order valence-electron chi connectivity index (χ3n) is 4.10. The Labute approximate surface area is 160 Å². The lowest BCUT2D eigenvalue weighted by atomic mass is 9.74. The molecule has 140 valence electrons. The Kier molecular flexibility index (Phi) is 6.93. The molecule has 4 heteroatoms. The maximum absolute atomic E-state index is 5.95. The molecule has 0 aliphatic heterocycles. The number of benzene rings is 1. The smallest absolute Gasteiger partial charge is 0.192 e. The third-order valence-corrected chi connectivity index (χ3v) is 5.18. The molecule has 0 saturated carbocycles. The molecular weight excluding hydrogens is 349 g/mol. The molecule has 0 radical (unpaired) electrons. The monoisotopic (exact) mass is 381 g/mol. The Balaban J connectivity index is 3.77. The van der Waals surface area contributed by atoms with Crippen LogP contribution in [-0.2, 0) is 21.0 Å². The van der Waals surface area contributed by atoms with Crippen LogP contribution >= 0.6 is 20.0 Å². The first kappa shape index (κ1) is 22.2. The highest BCUT2D eigenvalue weighted by Gasteiger charge is 2.28. The van der Waals surface area contributed by atoms with Crippen molar-refractivity contribution in [2.75, 3.05) is 7.11 Å². The van der Waals surface area contributed by atoms with Crippen LogP contribution in [0.5, 0.6) is 0 Å². The lowest BCUT2D eigenvalue weighted by Crippen LogP contribution is -2.21. The second kappa shape index (κ2) is 7.80. The molecule has 0 fully saturated rings. The van der Waals surface area contributed by atoms with Gasteiger partial charge in [-0.1, -0.05) is 74.4 Å². The third kappa shape index (κ3) is 6.12. The summed E-state index contributed by atoms with van der Waals surface area (Å²) in [5.41, 5.74) is 5.08. The first-order valence-corrected chi connectivity index (χ1v) is 9.97. The van der Waals surface area contributed by atoms with Crippen LogP contribution < -0.4 is 0 Å². The van der Waals surface area contributed by atoms with Crippen molar-refractivity contribution in [3.63, 3.8) is 0 Å². The fourth-order valence-electron chi connectivity index (χ4n) is 2.50. The summed E-state index contributed by atoms with van der Waals surface area (Å²) < 4.78 is 9.89. The van der Waals surface area contributed by atoms with Gasteiger partial charge < -0.3 is 4.74 Å². The van der Waals surface area contributed by atoms with Crippen LogP contribution in [0.15, 0.2) is 27.9 Å². The van der Waals surface area contributed by atoms with E-state index in [1.165, 1.54) is 16.7 Å². The van der Waals surface area contributed by atoms with Gasteiger partial charge in [0.05, 0.1) is 12.8 Å². The molecule has 0 heterocycles. The number of hydrogen-bond donors (Lipinski definition) is 0. The zero-order valence-electron chi connectivity index (χ0n) is 17.4. The molecule has 0 atom stereocenters. The Morgan fingerprint density at radius 2 is 1.36 bits per heavy atom. The van der Waals surface area contributed by atoms with Crippen molar-refractivity contribution in [1.29, 1.82) is 0 Å². The second-order valence-corrected chi connectivity index (χ2v) is 10.6. The van der Waals surface area contributed by atoms with Crippen molar-refractivity contribution in [3.05, 3.63) is 39.9 Å². The minimum atomic E-state index is 0.00434. The molecule has 1 aromatic rings. The number of rotatable bonds is 3. The normalized spacial score (nSPS) is 14.3. The summed E-state index contributed by atoms with van der Waals surface area (Å²) in [6.45, 7) is 20.3. The van der Waals surface area contributed by atoms with E-state index in [9.17, 15) is 0 Å². The molecule has 0 aliphatic rings. The average molecular weight is 382 g/mol. The Bertz CT molecular complexity index is 636. The molecule has 0 amide bonds. The second-order valence-electron chi connectivity index (χ2n) is 9.52. The van der Waals surface area contributed by atoms with Gasteiger partial charge in [-0.05, 0) is 44.5 Å². The van der Waals surface area contributed by atoms with E-state index in [-0.39, 0.29) is 16.2 Å². The van der Waals surface area contributed by atoms with Gasteiger partial charge in [0.15, 0.2) is 5.22 Å². The van der Waals surface area contributed by atoms with Gasteiger partial charge in [0, 0.05) is 14.2 Å². The van der Waals surface area contributed by atoms with Crippen LogP contribution in [0, 0.1) is 0 Å². The summed E-state index contributed by atoms with van der Waals surface area (Å²) in [4.78, 5) is 0. The lowest BCUT2D eigenvalue weighted by Gasteiger charge is -2.32. The van der Waals surface area contributed by atoms with Gasteiger partial charge in [0.25, 0.3) is 0 Å². The highest BCUT2D eigenvalue weighted by Crippen LogP contribution is 2.44. The first-order valence-electron chi connectivity index (χ1n) is 8.68. The number of hydrogen-bond acceptors (Lipinski definition) is 2. The van der Waals surface area contributed by atoms with E-state index < -0.39 is 0 Å². The SMILES string of the molecule is CO/C(Cl)=C/P=Nc1c(C(C)(C)C)cc(C(C)(C)C)cc1C(C)(C)C. The molecule has 1 rings (SSSR count). The van der Waals surface area contributed by atoms with Crippen LogP contribution in [-0.4, -0.2) is 7.11 Å². The van der Waals surface area contributed by atoms with Crippen molar-refractivity contribution in [1.82, 2.24) is 0 Å². The van der Waals surface area contributed by atoms with E-state index in [2.05, 4.69) is 74.4 Å². The molecule has 0 aliphatic carbocycles. The van der Waals surface area contributed by atoms with Gasteiger partial charge >= 0.3 is 0 Å². The van der Waals surface area contributed by atoms with Crippen LogP contribution in [0.1, 0.15) is 79.0 Å². The van der Waals surface area contributed by atoms with Gasteiger partial charge in [-0.25, -0.2) is 4.74 Å². The molecule has 0 aromatic heterocycles. The summed E-state index contributed by atoms with van der Waals surface area (Å²) in [5, 5.41) is 0.367. The number of halogens is 1. The van der Waals surface area contributed by atoms with E-state index in [0.717, 1.165) is 14.1 Å². The zero-order chi connectivity index (χ0) is 19.6. The molecule has 0 spiro atoms. The Hall–Kier alpha value is -0.850. The van der Waals surface area contributed by atoms with Crippen molar-refractivity contribution in [2.24, 2.45) is 4.74 Å². The van der Waals surface area contributed by atoms with Gasteiger partial charge in [-0.3, -0.25) is 0 Å². The highest BCUT2D eigenvalue weighted by molar-refractivity contribution is 7.31. The minimum Gasteiger partial charge on any atom is -0.486 e. The van der Waals surface area contributed by atoms with Crippen molar-refractivity contribution in [3.8, 4) is 0 Å². The van der Waals surface area contributed by atoms with Crippen LogP contribution in [0.3, 0.4) is 0 Å². The standard InChI is InChI=1S/C21H33ClNOP/c1-19(2,3)14-11-15(20(4,5)6)18(16(12-14)21(7,8)9)23-25-13-17(22)24-10/h11-13H,1-10H3/b17-13+. The molecular formula is C21H33ClNOP. The van der Waals surface area contributed by atoms with Crippen LogP contribution in [0.4, 0.5) is 5.69 Å². The molecule has 2 nitrogen and oxygen atoms in total. The molecule has 1 aromatic carbocycles. The zero-order valence-corrected chi connectivity index (χ0v) is 19.1. The van der Waals surface area contributed by atoms with Crippen molar-refractivity contribution < 1.29 is 4.74 Å². The van der Waals surface area contributed by atoms with E-state index in [0.29, 0.717) is 5.22 Å². The van der Waals surface area contributed by atoms with Gasteiger partial charge in [-0.2, -0.15) is 0 Å². The fourth-order valence-corrected chi connectivity index (χ4v) is 3.22. The summed E-state index contributed by atoms with van der Waals surface area (Å²) >= 11 is 5.95. The van der Waals surface area contributed by atoms with Crippen LogP contribution in [0.2, 0.25) is 0 Å². The average Bonchev–Trinajstić information content (AvgIpc) is 2.43. The van der Waals surface area contributed by atoms with E-state index in [4.69, 9.17) is 21.1 Å². The lowest BCUT2D eigenvalue weighted by molar-refractivity contribution is 0.323. The summed E-state index contributed by atoms with van der Waals surface area (Å²) in [5.74, 6) is 1.78. The summed E-state index contributed by atoms with van der Waals surface area (Å²) in [6.07, 6.45) is 0. The number of methoxy groups -OCH3 is 1. The number of nitrogens with zero attached hydrogens (tertiary/aromatic N) is 1. The van der Waals surface area contributed by atoms with Crippen LogP contribution in [0.25, 0.3) is 0 Å². The van der Waals surface area contributed by atoms with E-state index in [1.54, 1.807) is 12.9 Å². The highest BCUT2D eigenvalue weighted by atomic mass is 35.5. The number of ether oxygens (including phenoxy) is 1. The summed E-state index contributed by atoms with van der Waals surface area (Å²) in [7, 11) is 2.34. The molecule has 25 heavy (non-hydrogen) atoms. The molecule has 0 unspecified atom stereocenters. The maximum atomic E-state index is 5.95. The van der Waals surface area contributed by atoms with E-state index in [1.807, 2.05) is 0 Å². The van der Waals surface area contributed by atoms with E-state index >= 15 is 0 Å². The van der Waals surface area contributed by atoms with Crippen molar-refractivity contribution in [2.45, 2.75) is 78.6 Å². The predicted octanol–water partition coefficient (Wildman–Crippen LogP) is 8.02. The van der Waals surface area contributed by atoms with Gasteiger partial charge in [0.2, 0.25) is 0 Å². The largest absolute Gasteiger partial charge is 0.486 e. The quantitative estimate of drug-likeness (QED) is 0.383. The van der Waals surface area contributed by atoms with Crippen molar-refractivity contribution >= 4 is 25.7 Å². The van der Waals surface area contributed by atoms with Gasteiger partial charge in [-0.15, -0.1) is 0 Å². The Morgan fingerprint density at radius 3 is 1.68 bits per heavy atom. The molecule has 0 N–H and O–H groups in total. The molecule has 0 bridgehead atoms. The predicted molar refractivity (Wildman–Crippen MR) is 112 cm³/mol. The minimum absolute atomic E-state index is 0.00434. The molecule has 0 saturated heterocycles. The first-order chi connectivity index (χ1) is 11.2. The summed E-state index contributed by atoms with van der Waals surface area (Å²) in [6, 6.07) is 4.65. The fraction of sp³-hybridized carbons (Fsp3) is 0.619. The van der Waals surface area contributed by atoms with Gasteiger partial charge in [0.1, 0.15) is 0 Å². The topological polar surface area (TPSA) is 21.6 Å².